The maximum Gasteiger partial charge on any atom is 0.337 e. The Morgan fingerprint density at radius 2 is 2.00 bits per heavy atom. The van der Waals surface area contributed by atoms with E-state index < -0.39 is 5.97 Å². The molecule has 4 heteroatoms. The molecule has 0 aliphatic heterocycles. The van der Waals surface area contributed by atoms with E-state index in [0.29, 0.717) is 23.0 Å². The summed E-state index contributed by atoms with van der Waals surface area (Å²) in [6.45, 7) is 2.27. The van der Waals surface area contributed by atoms with Crippen LogP contribution in [0.3, 0.4) is 0 Å². The Kier molecular flexibility index (Phi) is 4.30. The van der Waals surface area contributed by atoms with Crippen LogP contribution in [-0.4, -0.2) is 24.2 Å². The minimum Gasteiger partial charge on any atom is -0.497 e. The van der Waals surface area contributed by atoms with Crippen molar-refractivity contribution in [3.8, 4) is 5.75 Å². The molecule has 1 saturated carbocycles. The predicted octanol–water partition coefficient (Wildman–Crippen LogP) is 3.38. The van der Waals surface area contributed by atoms with E-state index in [4.69, 9.17) is 4.74 Å². The summed E-state index contributed by atoms with van der Waals surface area (Å²) in [4.78, 5) is 11.2. The van der Waals surface area contributed by atoms with Gasteiger partial charge in [-0.1, -0.05) is 6.92 Å². The summed E-state index contributed by atoms with van der Waals surface area (Å²) in [6, 6.07) is 5.40. The number of benzene rings is 1. The van der Waals surface area contributed by atoms with Crippen LogP contribution in [0.5, 0.6) is 5.75 Å². The second kappa shape index (κ2) is 5.95. The summed E-state index contributed by atoms with van der Waals surface area (Å²) in [5.74, 6) is 0.549. The van der Waals surface area contributed by atoms with Crippen LogP contribution in [0.2, 0.25) is 0 Å². The Morgan fingerprint density at radius 3 is 2.58 bits per heavy atom. The smallest absolute Gasteiger partial charge is 0.337 e. The lowest BCUT2D eigenvalue weighted by Crippen LogP contribution is -2.26. The molecule has 1 aliphatic carbocycles. The van der Waals surface area contributed by atoms with E-state index in [2.05, 4.69) is 12.2 Å². The van der Waals surface area contributed by atoms with Crippen molar-refractivity contribution in [2.24, 2.45) is 5.92 Å². The standard InChI is InChI=1S/C15H21NO3/c1-10-3-5-11(6-4-10)16-14-9-12(19-2)7-8-13(14)15(17)18/h7-11,16H,3-6H2,1-2H3,(H,17,18). The van der Waals surface area contributed by atoms with E-state index in [1.807, 2.05) is 0 Å². The average Bonchev–Trinajstić information content (AvgIpc) is 2.41. The van der Waals surface area contributed by atoms with Crippen molar-refractivity contribution < 1.29 is 14.6 Å². The highest BCUT2D eigenvalue weighted by atomic mass is 16.5. The summed E-state index contributed by atoms with van der Waals surface area (Å²) in [5, 5.41) is 12.6. The summed E-state index contributed by atoms with van der Waals surface area (Å²) >= 11 is 0. The maximum atomic E-state index is 11.2. The Labute approximate surface area is 113 Å². The van der Waals surface area contributed by atoms with Crippen molar-refractivity contribution >= 4 is 11.7 Å². The highest BCUT2D eigenvalue weighted by Crippen LogP contribution is 2.29. The van der Waals surface area contributed by atoms with Gasteiger partial charge in [-0.25, -0.2) is 4.79 Å². The zero-order chi connectivity index (χ0) is 13.8. The van der Waals surface area contributed by atoms with Crippen molar-refractivity contribution in [1.82, 2.24) is 0 Å². The molecule has 2 rings (SSSR count). The number of hydrogen-bond donors (Lipinski definition) is 2. The number of nitrogens with one attached hydrogen (secondary N) is 1. The summed E-state index contributed by atoms with van der Waals surface area (Å²) in [6.07, 6.45) is 4.59. The van der Waals surface area contributed by atoms with Crippen molar-refractivity contribution in [1.29, 1.82) is 0 Å². The Bertz CT molecular complexity index is 451. The van der Waals surface area contributed by atoms with Crippen molar-refractivity contribution in [3.63, 3.8) is 0 Å². The van der Waals surface area contributed by atoms with Crippen molar-refractivity contribution in [2.75, 3.05) is 12.4 Å². The van der Waals surface area contributed by atoms with Crippen LogP contribution >= 0.6 is 0 Å². The molecule has 0 spiro atoms. The predicted molar refractivity (Wildman–Crippen MR) is 75.0 cm³/mol. The molecule has 0 bridgehead atoms. The van der Waals surface area contributed by atoms with Crippen LogP contribution in [0.4, 0.5) is 5.69 Å². The fourth-order valence-corrected chi connectivity index (χ4v) is 2.58. The number of rotatable bonds is 4. The number of hydrogen-bond acceptors (Lipinski definition) is 3. The van der Waals surface area contributed by atoms with Gasteiger partial charge in [-0.05, 0) is 43.7 Å². The van der Waals surface area contributed by atoms with Crippen LogP contribution in [0.25, 0.3) is 0 Å². The van der Waals surface area contributed by atoms with E-state index >= 15 is 0 Å². The fourth-order valence-electron chi connectivity index (χ4n) is 2.58. The van der Waals surface area contributed by atoms with E-state index in [1.165, 1.54) is 12.8 Å². The highest BCUT2D eigenvalue weighted by Gasteiger charge is 2.20. The first-order chi connectivity index (χ1) is 9.10. The lowest BCUT2D eigenvalue weighted by atomic mass is 9.87. The SMILES string of the molecule is COc1ccc(C(=O)O)c(NC2CCC(C)CC2)c1. The number of carboxylic acid groups (broad SMARTS) is 1. The number of carboxylic acids is 1. The first kappa shape index (κ1) is 13.7. The molecule has 0 aromatic heterocycles. The lowest BCUT2D eigenvalue weighted by molar-refractivity contribution is 0.0698. The van der Waals surface area contributed by atoms with Crippen molar-refractivity contribution in [3.05, 3.63) is 23.8 Å². The first-order valence-corrected chi connectivity index (χ1v) is 6.78. The summed E-state index contributed by atoms with van der Waals surface area (Å²) < 4.78 is 5.16. The molecule has 1 fully saturated rings. The Hall–Kier alpha value is -1.71. The largest absolute Gasteiger partial charge is 0.497 e. The number of carbonyl (C=O) groups is 1. The van der Waals surface area contributed by atoms with Crippen LogP contribution in [-0.2, 0) is 0 Å². The minimum absolute atomic E-state index is 0.305. The molecule has 0 heterocycles. The third-order valence-corrected chi connectivity index (χ3v) is 3.83. The molecule has 1 aliphatic rings. The maximum absolute atomic E-state index is 11.2. The monoisotopic (exact) mass is 263 g/mol. The van der Waals surface area contributed by atoms with Gasteiger partial charge in [0.2, 0.25) is 0 Å². The van der Waals surface area contributed by atoms with Crippen LogP contribution in [0.15, 0.2) is 18.2 Å². The highest BCUT2D eigenvalue weighted by molar-refractivity contribution is 5.94. The number of ether oxygens (including phenoxy) is 1. The first-order valence-electron chi connectivity index (χ1n) is 6.78. The van der Waals surface area contributed by atoms with Gasteiger partial charge < -0.3 is 15.2 Å². The number of anilines is 1. The van der Waals surface area contributed by atoms with E-state index in [9.17, 15) is 9.90 Å². The van der Waals surface area contributed by atoms with Gasteiger partial charge in [-0.2, -0.15) is 0 Å². The van der Waals surface area contributed by atoms with Gasteiger partial charge >= 0.3 is 5.97 Å². The second-order valence-corrected chi connectivity index (χ2v) is 5.32. The van der Waals surface area contributed by atoms with Gasteiger partial charge in [-0.3, -0.25) is 0 Å². The summed E-state index contributed by atoms with van der Waals surface area (Å²) in [7, 11) is 1.59. The quantitative estimate of drug-likeness (QED) is 0.874. The normalized spacial score (nSPS) is 22.8. The van der Waals surface area contributed by atoms with E-state index in [0.717, 1.165) is 18.8 Å². The second-order valence-electron chi connectivity index (χ2n) is 5.32. The molecule has 4 nitrogen and oxygen atoms in total. The molecular formula is C15H21NO3. The fraction of sp³-hybridized carbons (Fsp3) is 0.533. The van der Waals surface area contributed by atoms with Gasteiger partial charge in [-0.15, -0.1) is 0 Å². The van der Waals surface area contributed by atoms with Gasteiger partial charge in [0.05, 0.1) is 18.4 Å². The minimum atomic E-state index is -0.908. The molecule has 1 aromatic carbocycles. The Morgan fingerprint density at radius 1 is 1.32 bits per heavy atom. The molecule has 104 valence electrons. The third kappa shape index (κ3) is 3.40. The van der Waals surface area contributed by atoms with Gasteiger partial charge in [0.1, 0.15) is 5.75 Å². The zero-order valence-corrected chi connectivity index (χ0v) is 11.5. The average molecular weight is 263 g/mol. The Balaban J connectivity index is 2.15. The molecule has 0 amide bonds. The summed E-state index contributed by atoms with van der Waals surface area (Å²) in [5.41, 5.74) is 0.964. The zero-order valence-electron chi connectivity index (χ0n) is 11.5. The van der Waals surface area contributed by atoms with Gasteiger partial charge in [0.15, 0.2) is 0 Å². The molecule has 2 N–H and O–H groups in total. The van der Waals surface area contributed by atoms with Crippen LogP contribution in [0.1, 0.15) is 43.0 Å². The number of aromatic carboxylic acids is 1. The molecule has 0 saturated heterocycles. The topological polar surface area (TPSA) is 58.6 Å². The van der Waals surface area contributed by atoms with Gasteiger partial charge in [0.25, 0.3) is 0 Å². The van der Waals surface area contributed by atoms with E-state index in [1.54, 1.807) is 25.3 Å². The van der Waals surface area contributed by atoms with Gasteiger partial charge in [0, 0.05) is 12.1 Å². The molecule has 0 radical (unpaired) electrons. The molecular weight excluding hydrogens is 242 g/mol. The molecule has 0 unspecified atom stereocenters. The van der Waals surface area contributed by atoms with Crippen molar-refractivity contribution in [2.45, 2.75) is 38.6 Å². The molecule has 1 aromatic rings. The van der Waals surface area contributed by atoms with Crippen LogP contribution in [0, 0.1) is 5.92 Å². The third-order valence-electron chi connectivity index (χ3n) is 3.83. The van der Waals surface area contributed by atoms with E-state index in [-0.39, 0.29) is 0 Å². The lowest BCUT2D eigenvalue weighted by Gasteiger charge is -2.28. The van der Waals surface area contributed by atoms with Crippen LogP contribution < -0.4 is 10.1 Å². The number of methoxy groups -OCH3 is 1. The molecule has 0 atom stereocenters. The molecule has 19 heavy (non-hydrogen) atoms.